The smallest absolute Gasteiger partial charge is 0.391 e. The van der Waals surface area contributed by atoms with Gasteiger partial charge in [0.25, 0.3) is 0 Å². The third-order valence-corrected chi connectivity index (χ3v) is 8.18. The molecule has 0 aromatic carbocycles. The Morgan fingerprint density at radius 3 is 0.816 bits per heavy atom. The van der Waals surface area contributed by atoms with Crippen LogP contribution in [0.25, 0.3) is 0 Å². The van der Waals surface area contributed by atoms with Crippen molar-refractivity contribution in [1.29, 1.82) is 0 Å². The van der Waals surface area contributed by atoms with Gasteiger partial charge in [-0.1, -0.05) is 0 Å². The van der Waals surface area contributed by atoms with Crippen LogP contribution in [-0.4, -0.2) is 49.4 Å². The van der Waals surface area contributed by atoms with Crippen LogP contribution in [0.1, 0.15) is 47.0 Å². The quantitative estimate of drug-likeness (QED) is 0.194. The predicted octanol–water partition coefficient (Wildman–Crippen LogP) is 9.13. The van der Waals surface area contributed by atoms with Crippen LogP contribution in [0.2, 0.25) is 0 Å². The van der Waals surface area contributed by atoms with Gasteiger partial charge in [0.05, 0.1) is 13.4 Å². The van der Waals surface area contributed by atoms with Gasteiger partial charge in [0, 0.05) is 13.2 Å². The fourth-order valence-electron chi connectivity index (χ4n) is 4.18. The van der Waals surface area contributed by atoms with Gasteiger partial charge >= 0.3 is 66.6 Å². The molecule has 0 aliphatic carbocycles. The van der Waals surface area contributed by atoms with E-state index in [1.165, 1.54) is 12.8 Å². The van der Waals surface area contributed by atoms with E-state index in [1.807, 2.05) is 47.8 Å². The van der Waals surface area contributed by atoms with E-state index in [1.54, 1.807) is 0 Å². The van der Waals surface area contributed by atoms with Gasteiger partial charge in [0.1, 0.15) is 17.1 Å². The summed E-state index contributed by atoms with van der Waals surface area (Å²) >= 11 is 5.44. The standard InChI is InChI=1S/C15HBBr3F18N6.C4H8O.Ag/c17-1-4(10(20,21)22)38-41(7(1)13(29,30)31)16(42-8(14(32,33)34)2(18)5(39-42)11(23,24)25)43-9(15(35,36)37)3(19)6(40-43)12(26,27)28;1-2-4-5-3-1;/h16H;1-4H2;/q-1;;+1. The predicted molar refractivity (Wildman–Crippen MR) is 133 cm³/mol. The van der Waals surface area contributed by atoms with Crippen molar-refractivity contribution in [2.75, 3.05) is 13.2 Å². The summed E-state index contributed by atoms with van der Waals surface area (Å²) in [5.41, 5.74) is -16.7. The van der Waals surface area contributed by atoms with Gasteiger partial charge in [-0.3, -0.25) is 0 Å². The SMILES string of the molecule is C1CCOC1.FC(F)(F)c1nn([BH-](n2nc(C(F)(F)F)c(Br)c2C(F)(F)F)n2nc(C(F)(F)F)c(Br)c2C(F)(F)F)c(C(F)(F)F)c1Br.[Ag+]. The molecule has 0 bridgehead atoms. The van der Waals surface area contributed by atoms with Gasteiger partial charge in [0.15, 0.2) is 17.1 Å². The van der Waals surface area contributed by atoms with E-state index in [2.05, 4.69) is 15.3 Å². The Morgan fingerprint density at radius 2 is 0.673 bits per heavy atom. The molecule has 1 aliphatic heterocycles. The zero-order chi connectivity index (χ0) is 37.2. The third-order valence-electron chi connectivity index (χ3n) is 5.93. The molecule has 3 aromatic rings. The molecule has 0 amide bonds. The van der Waals surface area contributed by atoms with E-state index >= 15 is 0 Å². The maximum atomic E-state index is 14.0. The minimum absolute atomic E-state index is 0. The average Bonchev–Trinajstić information content (AvgIpc) is 3.63. The molecule has 1 aliphatic rings. The molecule has 0 atom stereocenters. The Bertz CT molecular complexity index is 1440. The summed E-state index contributed by atoms with van der Waals surface area (Å²) in [6.07, 6.45) is -34.0. The Hall–Kier alpha value is -1.42. The first-order chi connectivity index (χ1) is 21.4. The minimum atomic E-state index is -6.22. The first-order valence-electron chi connectivity index (χ1n) is 11.9. The molecule has 49 heavy (non-hydrogen) atoms. The van der Waals surface area contributed by atoms with Crippen molar-refractivity contribution in [2.24, 2.45) is 0 Å². The van der Waals surface area contributed by atoms with E-state index in [9.17, 15) is 79.0 Å². The number of aromatic nitrogens is 6. The summed E-state index contributed by atoms with van der Waals surface area (Å²) < 4.78 is 242. The van der Waals surface area contributed by atoms with Crippen molar-refractivity contribution in [3.63, 3.8) is 0 Å². The molecule has 4 heterocycles. The number of hydrogen-bond donors (Lipinski definition) is 0. The van der Waals surface area contributed by atoms with Crippen molar-refractivity contribution >= 4 is 54.9 Å². The fourth-order valence-corrected chi connectivity index (χ4v) is 6.38. The van der Waals surface area contributed by atoms with Crippen LogP contribution in [0.4, 0.5) is 79.0 Å². The van der Waals surface area contributed by atoms with Crippen LogP contribution in [-0.2, 0) is 64.2 Å². The molecule has 4 rings (SSSR count). The topological polar surface area (TPSA) is 62.7 Å². The molecule has 0 spiro atoms. The van der Waals surface area contributed by atoms with E-state index in [-0.39, 0.29) is 22.4 Å². The Balaban J connectivity index is 0.00000127. The van der Waals surface area contributed by atoms with Gasteiger partial charge < -0.3 is 18.5 Å². The van der Waals surface area contributed by atoms with Crippen molar-refractivity contribution in [3.05, 3.63) is 47.6 Å². The van der Waals surface area contributed by atoms with E-state index in [0.717, 1.165) is 13.2 Å². The number of hydrogen-bond acceptors (Lipinski definition) is 4. The first kappa shape index (κ1) is 43.7. The normalized spacial score (nSPS) is 15.1. The van der Waals surface area contributed by atoms with Crippen LogP contribution >= 0.6 is 47.8 Å². The van der Waals surface area contributed by atoms with Gasteiger partial charge in [-0.2, -0.15) is 79.0 Å². The second kappa shape index (κ2) is 14.5. The van der Waals surface area contributed by atoms with Crippen molar-refractivity contribution in [2.45, 2.75) is 49.9 Å². The van der Waals surface area contributed by atoms with Gasteiger partial charge in [-0.15, -0.1) is 0 Å². The summed E-state index contributed by atoms with van der Waals surface area (Å²) in [6.45, 7) is 2.00. The third kappa shape index (κ3) is 9.33. The van der Waals surface area contributed by atoms with Gasteiger partial charge in [0.2, 0.25) is 0 Å². The second-order valence-corrected chi connectivity index (χ2v) is 11.6. The maximum absolute atomic E-state index is 14.0. The molecular formula is C19H9AgBBr3F18N6O. The molecular weight excluding hydrogens is 1030 g/mol. The summed E-state index contributed by atoms with van der Waals surface area (Å²) in [5, 5.41) is 7.08. The number of alkyl halides is 18. The van der Waals surface area contributed by atoms with Gasteiger partial charge in [-0.05, 0) is 60.6 Å². The molecule has 1 fully saturated rings. The second-order valence-electron chi connectivity index (χ2n) is 9.26. The van der Waals surface area contributed by atoms with E-state index in [0.29, 0.717) is 0 Å². The Labute approximate surface area is 299 Å². The summed E-state index contributed by atoms with van der Waals surface area (Å²) in [5.74, 6) is 0. The molecule has 0 radical (unpaired) electrons. The monoisotopic (exact) mass is 1030 g/mol. The molecule has 0 unspecified atom stereocenters. The van der Waals surface area contributed by atoms with Crippen molar-refractivity contribution in [1.82, 2.24) is 29.1 Å². The van der Waals surface area contributed by atoms with Crippen molar-refractivity contribution in [3.8, 4) is 0 Å². The summed E-state index contributed by atoms with van der Waals surface area (Å²) in [6, 6.07) is 0. The van der Waals surface area contributed by atoms with E-state index < -0.39 is 106 Å². The molecule has 0 N–H and O–H groups in total. The molecule has 7 nitrogen and oxygen atoms in total. The Morgan fingerprint density at radius 1 is 0.449 bits per heavy atom. The van der Waals surface area contributed by atoms with Crippen LogP contribution in [0.3, 0.4) is 0 Å². The fraction of sp³-hybridized carbons (Fsp3) is 0.526. The summed E-state index contributed by atoms with van der Waals surface area (Å²) in [7, 11) is -5.45. The maximum Gasteiger partial charge on any atom is 1.00 e. The largest absolute Gasteiger partial charge is 1.00 e. The number of rotatable bonds is 3. The van der Waals surface area contributed by atoms with Crippen LogP contribution < -0.4 is 0 Å². The molecule has 3 aromatic heterocycles. The van der Waals surface area contributed by atoms with Crippen molar-refractivity contribution < 1.29 is 106 Å². The molecule has 30 heteroatoms. The number of halogens is 21. The van der Waals surface area contributed by atoms with Crippen LogP contribution in [0.5, 0.6) is 0 Å². The molecule has 282 valence electrons. The zero-order valence-electron chi connectivity index (χ0n) is 22.4. The average molecular weight is 1040 g/mol. The zero-order valence-corrected chi connectivity index (χ0v) is 28.6. The molecule has 1 saturated heterocycles. The number of nitrogens with zero attached hydrogens (tertiary/aromatic N) is 6. The minimum Gasteiger partial charge on any atom is -0.391 e. The first-order valence-corrected chi connectivity index (χ1v) is 14.3. The molecule has 0 saturated carbocycles. The van der Waals surface area contributed by atoms with Gasteiger partial charge in [-0.25, -0.2) is 15.3 Å². The number of ether oxygens (including phenoxy) is 1. The van der Waals surface area contributed by atoms with Crippen LogP contribution in [0, 0.1) is 0 Å². The van der Waals surface area contributed by atoms with E-state index in [4.69, 9.17) is 4.74 Å². The van der Waals surface area contributed by atoms with Crippen LogP contribution in [0.15, 0.2) is 13.4 Å². The summed E-state index contributed by atoms with van der Waals surface area (Å²) in [4.78, 5) is 0. The Kier molecular flexibility index (Phi) is 13.0.